The number of esters is 6. The van der Waals surface area contributed by atoms with Crippen LogP contribution in [0.15, 0.2) is 268 Å². The third-order valence-electron chi connectivity index (χ3n) is 15.8. The Balaban J connectivity index is 0.000000306. The van der Waals surface area contributed by atoms with Crippen molar-refractivity contribution in [2.75, 3.05) is 26.3 Å². The zero-order chi connectivity index (χ0) is 84.7. The van der Waals surface area contributed by atoms with Gasteiger partial charge in [-0.2, -0.15) is 0 Å². The molecule has 0 aliphatic heterocycles. The van der Waals surface area contributed by atoms with E-state index in [4.69, 9.17) is 37.9 Å². The molecule has 2 amide bonds. The number of carbonyl (C=O) groups excluding carboxylic acids is 8. The van der Waals surface area contributed by atoms with Crippen LogP contribution in [-0.2, 0) is 78.5 Å². The number of rotatable bonds is 25. The van der Waals surface area contributed by atoms with Gasteiger partial charge in [0.05, 0.1) is 53.0 Å². The summed E-state index contributed by atoms with van der Waals surface area (Å²) in [6.45, 7) is 18.1. The van der Waals surface area contributed by atoms with Gasteiger partial charge in [0.25, 0.3) is 0 Å². The Morgan fingerprint density at radius 1 is 0.347 bits per heavy atom. The maximum absolute atomic E-state index is 11.9. The zero-order valence-corrected chi connectivity index (χ0v) is 72.0. The Morgan fingerprint density at radius 2 is 0.570 bits per heavy atom. The zero-order valence-electron chi connectivity index (χ0n) is 67.2. The van der Waals surface area contributed by atoms with Gasteiger partial charge < -0.3 is 78.4 Å². The van der Waals surface area contributed by atoms with E-state index in [9.17, 15) is 38.4 Å². The van der Waals surface area contributed by atoms with Crippen molar-refractivity contribution in [1.82, 2.24) is 40.5 Å². The van der Waals surface area contributed by atoms with Crippen LogP contribution in [0, 0.1) is 41.8 Å². The molecule has 12 aromatic rings. The molecule has 26 heteroatoms. The van der Waals surface area contributed by atoms with Gasteiger partial charge in [0.15, 0.2) is 0 Å². The van der Waals surface area contributed by atoms with Gasteiger partial charge in [0, 0.05) is 68.4 Å². The number of benzene rings is 6. The number of hydrogen-bond acceptors (Lipinski definition) is 22. The Hall–Kier alpha value is -13.4. The van der Waals surface area contributed by atoms with Gasteiger partial charge in [0.2, 0.25) is 0 Å². The molecule has 6 heterocycles. The molecule has 24 nitrogen and oxygen atoms in total. The first-order valence-electron chi connectivity index (χ1n) is 37.5. The van der Waals surface area contributed by atoms with E-state index in [1.165, 1.54) is 0 Å². The number of hydrogen-bond donors (Lipinski definition) is 2. The molecule has 0 unspecified atom stereocenters. The molecule has 0 aliphatic carbocycles. The molecule has 0 aliphatic rings. The van der Waals surface area contributed by atoms with Gasteiger partial charge in [-0.15, -0.1) is 179 Å². The second-order valence-corrected chi connectivity index (χ2v) is 25.2. The first-order chi connectivity index (χ1) is 57.1. The third-order valence-corrected chi connectivity index (χ3v) is 15.8. The second kappa shape index (κ2) is 55.3. The average molecular weight is 1990 g/mol. The molecule has 121 heavy (non-hydrogen) atoms. The van der Waals surface area contributed by atoms with Crippen molar-refractivity contribution in [3.8, 4) is 102 Å². The maximum Gasteiger partial charge on any atom is 3.00 e. The van der Waals surface area contributed by atoms with Crippen LogP contribution in [-0.4, -0.2) is 104 Å². The molecular weight excluding hydrogens is 1890 g/mol. The number of nitrogens with one attached hydrogen (secondary N) is 2. The number of amides is 2. The molecule has 0 saturated heterocycles. The van der Waals surface area contributed by atoms with E-state index in [1.54, 1.807) is 181 Å². The van der Waals surface area contributed by atoms with E-state index in [2.05, 4.69) is 83.5 Å². The first-order valence-corrected chi connectivity index (χ1v) is 37.5. The molecule has 0 spiro atoms. The minimum Gasteiger partial charge on any atom is -0.463 e. The van der Waals surface area contributed by atoms with Gasteiger partial charge in [-0.05, 0) is 97.8 Å². The first kappa shape index (κ1) is 100.0. The summed E-state index contributed by atoms with van der Waals surface area (Å²) in [7, 11) is 0. The minimum absolute atomic E-state index is 0. The number of pyridine rings is 6. The van der Waals surface area contributed by atoms with E-state index >= 15 is 0 Å². The Kier molecular flexibility index (Phi) is 45.7. The van der Waals surface area contributed by atoms with Gasteiger partial charge in [-0.25, -0.2) is 14.4 Å². The van der Waals surface area contributed by atoms with Crippen LogP contribution < -0.4 is 39.1 Å². The Morgan fingerprint density at radius 3 is 0.769 bits per heavy atom. The molecule has 6 aromatic carbocycles. The maximum atomic E-state index is 11.9. The fraction of sp³-hybridized carbons (Fsp3) is 0.200. The minimum atomic E-state index is -0.639. The smallest absolute Gasteiger partial charge is 0.463 e. The van der Waals surface area contributed by atoms with Crippen molar-refractivity contribution in [1.29, 1.82) is 0 Å². The summed E-state index contributed by atoms with van der Waals surface area (Å²) < 4.78 is 41.0. The average Bonchev–Trinajstić information content (AvgIpc) is 0.875. The molecule has 6 aromatic heterocycles. The van der Waals surface area contributed by atoms with E-state index in [0.717, 1.165) is 67.5 Å². The van der Waals surface area contributed by atoms with Crippen LogP contribution >= 0.6 is 0 Å². The number of carbonyl (C=O) groups is 8. The summed E-state index contributed by atoms with van der Waals surface area (Å²) in [5.74, 6) is 1.08. The molecule has 0 atom stereocenters. The molecule has 2 N–H and O–H groups in total. The van der Waals surface area contributed by atoms with Crippen LogP contribution in [0.4, 0.5) is 9.59 Å². The van der Waals surface area contributed by atoms with E-state index in [0.29, 0.717) is 72.2 Å². The van der Waals surface area contributed by atoms with Gasteiger partial charge in [-0.1, -0.05) is 121 Å². The van der Waals surface area contributed by atoms with E-state index in [1.807, 2.05) is 130 Å². The molecule has 0 bridgehead atoms. The van der Waals surface area contributed by atoms with Crippen molar-refractivity contribution in [3.63, 3.8) is 0 Å². The van der Waals surface area contributed by atoms with Crippen molar-refractivity contribution >= 4 is 48.0 Å². The van der Waals surface area contributed by atoms with Crippen molar-refractivity contribution in [2.45, 2.75) is 94.9 Å². The topological polar surface area (TPSA) is 312 Å². The van der Waals surface area contributed by atoms with Crippen LogP contribution in [0.25, 0.3) is 67.5 Å². The number of nitrogens with zero attached hydrogens (tertiary/aromatic N) is 6. The molecular formula is C95H92Ir2N8O16. The predicted octanol–water partition coefficient (Wildman–Crippen LogP) is 18.5. The van der Waals surface area contributed by atoms with Crippen LogP contribution in [0.1, 0.15) is 94.9 Å². The van der Waals surface area contributed by atoms with Gasteiger partial charge >= 0.3 is 88.2 Å². The molecule has 626 valence electrons. The van der Waals surface area contributed by atoms with Crippen molar-refractivity contribution in [3.05, 3.63) is 304 Å². The molecule has 0 fully saturated rings. The van der Waals surface area contributed by atoms with Gasteiger partial charge in [-0.3, -0.25) is 24.0 Å². The van der Waals surface area contributed by atoms with Crippen LogP contribution in [0.3, 0.4) is 0 Å². The van der Waals surface area contributed by atoms with E-state index < -0.39 is 23.6 Å². The summed E-state index contributed by atoms with van der Waals surface area (Å²) in [6, 6.07) is 82.7. The van der Waals surface area contributed by atoms with Crippen LogP contribution in [0.5, 0.6) is 34.5 Å². The fourth-order valence-electron chi connectivity index (χ4n) is 9.23. The largest absolute Gasteiger partial charge is 3.00 e. The summed E-state index contributed by atoms with van der Waals surface area (Å²) >= 11 is 0. The van der Waals surface area contributed by atoms with Crippen molar-refractivity contribution in [2.24, 2.45) is 5.41 Å². The number of ether oxygens (including phenoxy) is 8. The summed E-state index contributed by atoms with van der Waals surface area (Å²) in [5.41, 5.74) is 9.18. The SMILES string of the molecule is C.C=C(C)C(=O)OCCNC(=O)Oc1cc[c-]c(-c2ccccn2)c1.CCC(=O)Oc1cc[c-]c(-c2ccccn2)c1.CCC(=O)Oc1cc[c-]c(-c2ccccn2)c1.CCC(=O)Oc1cc[c-]c(-c2ccccn2)c1.CCC(=O)Oc1cc[c-]c(-c2ccccn2)c1.CCC(C)(C)C(=O)OCCNC(=O)Oc1cc[c-]c(-c2ccccn2)c1.[Ir+3].[Ir+3]. The van der Waals surface area contributed by atoms with E-state index in [-0.39, 0.29) is 104 Å². The van der Waals surface area contributed by atoms with Gasteiger partial charge in [0.1, 0.15) is 13.2 Å². The summed E-state index contributed by atoms with van der Waals surface area (Å²) in [6.07, 6.45) is 11.1. The van der Waals surface area contributed by atoms with Crippen molar-refractivity contribution < 1.29 is 116 Å². The molecule has 0 saturated carbocycles. The number of aromatic nitrogens is 6. The standard InChI is InChI=1S/C20H23N2O4.C18H17N2O4.4C14H12NO2.CH4.2Ir/c1-4-20(2,3)18(23)25-13-12-22-19(24)26-16-9-7-8-15(14-16)17-10-5-6-11-21-17;1-13(2)17(21)23-11-10-20-18(22)24-15-7-5-6-14(12-15)16-8-3-4-9-19-16;4*1-2-14(16)17-12-7-5-6-11(10-12)13-8-3-4-9-15-13;;;/h5-7,9-11,14H,4,12-13H2,1-3H3,(H,22,24);3-5,7-9,12H,1,10-11H2,2H3,(H,20,22);4*3-5,7-10H,2H2,1H3;1H4;;/q6*-1;;2*+3. The Bertz CT molecular complexity index is 4790. The second-order valence-electron chi connectivity index (χ2n) is 25.2. The predicted molar refractivity (Wildman–Crippen MR) is 450 cm³/mol. The summed E-state index contributed by atoms with van der Waals surface area (Å²) in [5, 5.41) is 5.04. The molecule has 12 rings (SSSR count). The molecule has 0 radical (unpaired) electrons. The fourth-order valence-corrected chi connectivity index (χ4v) is 9.23. The Labute approximate surface area is 733 Å². The summed E-state index contributed by atoms with van der Waals surface area (Å²) in [4.78, 5) is 117. The third kappa shape index (κ3) is 37.0. The normalized spacial score (nSPS) is 9.88. The van der Waals surface area contributed by atoms with Crippen LogP contribution in [0.2, 0.25) is 0 Å². The quantitative estimate of drug-likeness (QED) is 0.0176. The monoisotopic (exact) mass is 1990 g/mol.